The van der Waals surface area contributed by atoms with Crippen molar-refractivity contribution in [2.45, 2.75) is 18.9 Å². The number of benzene rings is 2. The molecule has 1 amide bonds. The minimum atomic E-state index is -1.09. The van der Waals surface area contributed by atoms with E-state index in [0.29, 0.717) is 12.0 Å². The number of hydrogen-bond acceptors (Lipinski definition) is 6. The summed E-state index contributed by atoms with van der Waals surface area (Å²) in [5.41, 5.74) is 1.30. The van der Waals surface area contributed by atoms with E-state index in [2.05, 4.69) is 15.6 Å². The molecule has 0 spiro atoms. The summed E-state index contributed by atoms with van der Waals surface area (Å²) in [6.45, 7) is 0.232. The average Bonchev–Trinajstić information content (AvgIpc) is 2.84. The lowest BCUT2D eigenvalue weighted by molar-refractivity contribution is -0.142. The largest absolute Gasteiger partial charge is 0.490 e. The van der Waals surface area contributed by atoms with E-state index in [4.69, 9.17) is 32.7 Å². The topological polar surface area (TPSA) is 89.6 Å². The second-order valence-corrected chi connectivity index (χ2v) is 8.29. The molecule has 2 aromatic carbocycles. The van der Waals surface area contributed by atoms with E-state index in [9.17, 15) is 14.0 Å². The van der Waals surface area contributed by atoms with Gasteiger partial charge in [-0.05, 0) is 42.0 Å². The molecule has 0 saturated carbocycles. The molecule has 35 heavy (non-hydrogen) atoms. The molecular formula is C25H24Cl2FN3O4. The Bertz CT molecular complexity index is 1190. The normalized spacial score (nSPS) is 11.5. The van der Waals surface area contributed by atoms with Crippen molar-refractivity contribution in [2.24, 2.45) is 0 Å². The molecule has 0 bridgehead atoms. The van der Waals surface area contributed by atoms with Crippen molar-refractivity contribution in [1.29, 1.82) is 0 Å². The molecule has 7 nitrogen and oxygen atoms in total. The van der Waals surface area contributed by atoms with E-state index in [0.717, 1.165) is 11.5 Å². The molecule has 0 aliphatic heterocycles. The van der Waals surface area contributed by atoms with E-state index in [1.165, 1.54) is 31.4 Å². The lowest BCUT2D eigenvalue weighted by atomic mass is 10.0. The SMILES string of the molecule is CNc1cccc(CCOc2ccc(CC(NC(=O)c3c(Cl)cccc3Cl)C(=O)OC)cc2F)n1. The van der Waals surface area contributed by atoms with E-state index in [1.54, 1.807) is 19.2 Å². The summed E-state index contributed by atoms with van der Waals surface area (Å²) in [7, 11) is 2.98. The first-order valence-electron chi connectivity index (χ1n) is 10.7. The number of amides is 1. The first kappa shape index (κ1) is 26.2. The predicted octanol–water partition coefficient (Wildman–Crippen LogP) is 4.70. The van der Waals surface area contributed by atoms with Crippen LogP contribution in [-0.2, 0) is 22.4 Å². The molecule has 10 heteroatoms. The van der Waals surface area contributed by atoms with Crippen LogP contribution < -0.4 is 15.4 Å². The average molecular weight is 520 g/mol. The molecular weight excluding hydrogens is 496 g/mol. The van der Waals surface area contributed by atoms with Crippen LogP contribution >= 0.6 is 23.2 Å². The third-order valence-electron chi connectivity index (χ3n) is 5.10. The van der Waals surface area contributed by atoms with Crippen molar-refractivity contribution in [3.8, 4) is 5.75 Å². The zero-order valence-electron chi connectivity index (χ0n) is 19.1. The number of pyridine rings is 1. The van der Waals surface area contributed by atoms with Crippen LogP contribution in [0.5, 0.6) is 5.75 Å². The second-order valence-electron chi connectivity index (χ2n) is 7.48. The Balaban J connectivity index is 1.65. The Morgan fingerprint density at radius 2 is 1.80 bits per heavy atom. The Hall–Kier alpha value is -3.36. The maximum Gasteiger partial charge on any atom is 0.328 e. The third-order valence-corrected chi connectivity index (χ3v) is 5.73. The molecule has 3 rings (SSSR count). The summed E-state index contributed by atoms with van der Waals surface area (Å²) in [5.74, 6) is -1.13. The van der Waals surface area contributed by atoms with Gasteiger partial charge in [-0.25, -0.2) is 14.2 Å². The van der Waals surface area contributed by atoms with Crippen LogP contribution in [0.3, 0.4) is 0 Å². The van der Waals surface area contributed by atoms with Crippen LogP contribution in [0.2, 0.25) is 10.0 Å². The van der Waals surface area contributed by atoms with Gasteiger partial charge >= 0.3 is 5.97 Å². The summed E-state index contributed by atoms with van der Waals surface area (Å²) in [5, 5.41) is 5.80. The zero-order chi connectivity index (χ0) is 25.4. The molecule has 0 saturated heterocycles. The van der Waals surface area contributed by atoms with Crippen molar-refractivity contribution in [1.82, 2.24) is 10.3 Å². The fourth-order valence-electron chi connectivity index (χ4n) is 3.33. The number of methoxy groups -OCH3 is 1. The Morgan fingerprint density at radius 3 is 2.46 bits per heavy atom. The number of hydrogen-bond donors (Lipinski definition) is 2. The number of carbonyl (C=O) groups is 2. The first-order valence-corrected chi connectivity index (χ1v) is 11.5. The maximum absolute atomic E-state index is 14.7. The smallest absolute Gasteiger partial charge is 0.328 e. The monoisotopic (exact) mass is 519 g/mol. The number of anilines is 1. The standard InChI is InChI=1S/C25H24Cl2FN3O4/c1-29-22-8-3-5-16(30-22)11-12-35-21-10-9-15(13-19(21)28)14-20(25(33)34-2)31-24(32)23-17(26)6-4-7-18(23)27/h3-10,13,20H,11-12,14H2,1-2H3,(H,29,30)(H,31,32). The maximum atomic E-state index is 14.7. The number of rotatable bonds is 10. The fraction of sp³-hybridized carbons (Fsp3) is 0.240. The summed E-state index contributed by atoms with van der Waals surface area (Å²) in [6, 6.07) is 13.5. The molecule has 2 N–H and O–H groups in total. The second kappa shape index (κ2) is 12.4. The van der Waals surface area contributed by atoms with Crippen LogP contribution in [0, 0.1) is 5.82 Å². The number of carbonyl (C=O) groups excluding carboxylic acids is 2. The molecule has 0 aliphatic carbocycles. The number of halogens is 3. The van der Waals surface area contributed by atoms with Crippen molar-refractivity contribution in [3.63, 3.8) is 0 Å². The Kier molecular flexibility index (Phi) is 9.28. The van der Waals surface area contributed by atoms with Crippen LogP contribution in [-0.4, -0.2) is 43.7 Å². The number of aromatic nitrogens is 1. The van der Waals surface area contributed by atoms with Gasteiger partial charge in [0.15, 0.2) is 11.6 Å². The molecule has 0 aliphatic rings. The number of ether oxygens (including phenoxy) is 2. The van der Waals surface area contributed by atoms with Gasteiger partial charge in [0.05, 0.1) is 29.3 Å². The van der Waals surface area contributed by atoms with Crippen LogP contribution in [0.15, 0.2) is 54.6 Å². The van der Waals surface area contributed by atoms with Gasteiger partial charge in [0.25, 0.3) is 5.91 Å². The van der Waals surface area contributed by atoms with E-state index in [-0.39, 0.29) is 34.4 Å². The van der Waals surface area contributed by atoms with Crippen molar-refractivity contribution < 1.29 is 23.5 Å². The van der Waals surface area contributed by atoms with Crippen LogP contribution in [0.1, 0.15) is 21.6 Å². The highest BCUT2D eigenvalue weighted by Crippen LogP contribution is 2.25. The highest BCUT2D eigenvalue weighted by molar-refractivity contribution is 6.39. The lowest BCUT2D eigenvalue weighted by Crippen LogP contribution is -2.43. The molecule has 0 fully saturated rings. The summed E-state index contributed by atoms with van der Waals surface area (Å²) >= 11 is 12.2. The quantitative estimate of drug-likeness (QED) is 0.377. The minimum Gasteiger partial charge on any atom is -0.490 e. The molecule has 184 valence electrons. The highest BCUT2D eigenvalue weighted by atomic mass is 35.5. The molecule has 0 radical (unpaired) electrons. The van der Waals surface area contributed by atoms with Gasteiger partial charge in [0, 0.05) is 25.6 Å². The van der Waals surface area contributed by atoms with Crippen LogP contribution in [0.25, 0.3) is 0 Å². The Morgan fingerprint density at radius 1 is 1.09 bits per heavy atom. The number of esters is 1. The lowest BCUT2D eigenvalue weighted by Gasteiger charge is -2.18. The van der Waals surface area contributed by atoms with Gasteiger partial charge < -0.3 is 20.1 Å². The summed E-state index contributed by atoms with van der Waals surface area (Å²) < 4.78 is 25.0. The first-order chi connectivity index (χ1) is 16.8. The van der Waals surface area contributed by atoms with Crippen molar-refractivity contribution in [3.05, 3.63) is 87.3 Å². The van der Waals surface area contributed by atoms with Gasteiger partial charge in [0.1, 0.15) is 11.9 Å². The van der Waals surface area contributed by atoms with Crippen molar-refractivity contribution >= 4 is 40.9 Å². The van der Waals surface area contributed by atoms with Crippen LogP contribution in [0.4, 0.5) is 10.2 Å². The molecule has 1 unspecified atom stereocenters. The van der Waals surface area contributed by atoms with E-state index >= 15 is 0 Å². The van der Waals surface area contributed by atoms with Crippen molar-refractivity contribution in [2.75, 3.05) is 26.1 Å². The molecule has 1 heterocycles. The summed E-state index contributed by atoms with van der Waals surface area (Å²) in [4.78, 5) is 29.4. The van der Waals surface area contributed by atoms with Gasteiger partial charge in [0.2, 0.25) is 0 Å². The van der Waals surface area contributed by atoms with Gasteiger partial charge in [-0.15, -0.1) is 0 Å². The predicted molar refractivity (Wildman–Crippen MR) is 133 cm³/mol. The molecule has 1 atom stereocenters. The fourth-order valence-corrected chi connectivity index (χ4v) is 3.90. The number of nitrogens with one attached hydrogen (secondary N) is 2. The van der Waals surface area contributed by atoms with Gasteiger partial charge in [-0.2, -0.15) is 0 Å². The van der Waals surface area contributed by atoms with E-state index < -0.39 is 23.7 Å². The van der Waals surface area contributed by atoms with Gasteiger partial charge in [-0.1, -0.05) is 41.4 Å². The zero-order valence-corrected chi connectivity index (χ0v) is 20.6. The number of nitrogens with zero attached hydrogens (tertiary/aromatic N) is 1. The highest BCUT2D eigenvalue weighted by Gasteiger charge is 2.25. The molecule has 1 aromatic heterocycles. The third kappa shape index (κ3) is 7.07. The summed E-state index contributed by atoms with van der Waals surface area (Å²) in [6.07, 6.45) is 0.482. The molecule has 3 aromatic rings. The Labute approximate surface area is 212 Å². The van der Waals surface area contributed by atoms with Gasteiger partial charge in [-0.3, -0.25) is 4.79 Å². The minimum absolute atomic E-state index is 0.0155. The van der Waals surface area contributed by atoms with E-state index in [1.807, 2.05) is 18.2 Å².